The molecule has 0 aromatic carbocycles. The zero-order chi connectivity index (χ0) is 11.0. The van der Waals surface area contributed by atoms with Gasteiger partial charge in [0, 0.05) is 12.8 Å². The van der Waals surface area contributed by atoms with E-state index in [1.54, 1.807) is 6.20 Å². The Kier molecular flexibility index (Phi) is 2.81. The Hall–Kier alpha value is -0.690. The fourth-order valence-corrected chi connectivity index (χ4v) is 2.71. The third-order valence-electron chi connectivity index (χ3n) is 2.85. The summed E-state index contributed by atoms with van der Waals surface area (Å²) in [6, 6.07) is 3.99. The standard InChI is InChI=1S/C11H12IN3O/c12-10-8-4-3-6-13-11(8)15(14-10)9-5-1-2-7-16-9/h3-4,6,9H,1-2,5,7H2. The summed E-state index contributed by atoms with van der Waals surface area (Å²) in [4.78, 5) is 4.39. The lowest BCUT2D eigenvalue weighted by Crippen LogP contribution is -2.19. The number of nitrogens with zero attached hydrogens (tertiary/aromatic N) is 3. The molecule has 16 heavy (non-hydrogen) atoms. The van der Waals surface area contributed by atoms with Crippen LogP contribution in [0.3, 0.4) is 0 Å². The quantitative estimate of drug-likeness (QED) is 0.756. The van der Waals surface area contributed by atoms with Crippen molar-refractivity contribution in [2.24, 2.45) is 0 Å². The van der Waals surface area contributed by atoms with E-state index in [1.165, 1.54) is 6.42 Å². The Morgan fingerprint density at radius 1 is 1.44 bits per heavy atom. The molecule has 0 N–H and O–H groups in total. The van der Waals surface area contributed by atoms with E-state index in [0.29, 0.717) is 0 Å². The van der Waals surface area contributed by atoms with Crippen LogP contribution in [0.5, 0.6) is 0 Å². The second-order valence-corrected chi connectivity index (χ2v) is 4.95. The molecule has 2 aromatic heterocycles. The molecule has 3 rings (SSSR count). The number of ether oxygens (including phenoxy) is 1. The molecule has 0 bridgehead atoms. The Morgan fingerprint density at radius 2 is 2.38 bits per heavy atom. The Bertz CT molecular complexity index is 505. The number of hydrogen-bond donors (Lipinski definition) is 0. The molecule has 1 unspecified atom stereocenters. The van der Waals surface area contributed by atoms with Gasteiger partial charge in [-0.3, -0.25) is 0 Å². The summed E-state index contributed by atoms with van der Waals surface area (Å²) in [6.45, 7) is 0.829. The zero-order valence-corrected chi connectivity index (χ0v) is 10.9. The maximum Gasteiger partial charge on any atom is 0.161 e. The molecule has 5 heteroatoms. The first kappa shape index (κ1) is 10.5. The fourth-order valence-electron chi connectivity index (χ4n) is 2.05. The normalized spacial score (nSPS) is 21.4. The summed E-state index contributed by atoms with van der Waals surface area (Å²) in [5, 5.41) is 5.64. The van der Waals surface area contributed by atoms with Gasteiger partial charge in [0.1, 0.15) is 3.70 Å². The van der Waals surface area contributed by atoms with Crippen LogP contribution in [0, 0.1) is 3.70 Å². The molecule has 1 atom stereocenters. The number of aromatic nitrogens is 3. The molecule has 1 fully saturated rings. The van der Waals surface area contributed by atoms with Gasteiger partial charge in [-0.25, -0.2) is 9.67 Å². The van der Waals surface area contributed by atoms with Crippen molar-refractivity contribution in [2.45, 2.75) is 25.5 Å². The van der Waals surface area contributed by atoms with E-state index in [1.807, 2.05) is 10.7 Å². The molecule has 84 valence electrons. The lowest BCUT2D eigenvalue weighted by Gasteiger charge is -2.22. The van der Waals surface area contributed by atoms with E-state index >= 15 is 0 Å². The molecule has 0 spiro atoms. The molecular weight excluding hydrogens is 317 g/mol. The minimum atomic E-state index is 0.0645. The highest BCUT2D eigenvalue weighted by molar-refractivity contribution is 14.1. The van der Waals surface area contributed by atoms with Crippen LogP contribution in [-0.2, 0) is 4.74 Å². The minimum Gasteiger partial charge on any atom is -0.356 e. The lowest BCUT2D eigenvalue weighted by molar-refractivity contribution is -0.0372. The Balaban J connectivity index is 2.08. The maximum atomic E-state index is 5.74. The molecule has 0 amide bonds. The summed E-state index contributed by atoms with van der Waals surface area (Å²) >= 11 is 2.25. The highest BCUT2D eigenvalue weighted by Crippen LogP contribution is 2.27. The largest absolute Gasteiger partial charge is 0.356 e. The average molecular weight is 329 g/mol. The first-order valence-corrected chi connectivity index (χ1v) is 6.54. The monoisotopic (exact) mass is 329 g/mol. The van der Waals surface area contributed by atoms with Crippen LogP contribution in [0.25, 0.3) is 11.0 Å². The molecule has 3 heterocycles. The van der Waals surface area contributed by atoms with E-state index in [2.05, 4.69) is 38.7 Å². The van der Waals surface area contributed by atoms with Gasteiger partial charge in [-0.15, -0.1) is 0 Å². The fraction of sp³-hybridized carbons (Fsp3) is 0.455. The first-order chi connectivity index (χ1) is 7.86. The van der Waals surface area contributed by atoms with Gasteiger partial charge in [-0.2, -0.15) is 5.10 Å². The molecule has 0 radical (unpaired) electrons. The number of halogens is 1. The van der Waals surface area contributed by atoms with Crippen molar-refractivity contribution >= 4 is 33.6 Å². The van der Waals surface area contributed by atoms with Crippen molar-refractivity contribution in [2.75, 3.05) is 6.61 Å². The van der Waals surface area contributed by atoms with E-state index in [4.69, 9.17) is 4.74 Å². The predicted molar refractivity (Wildman–Crippen MR) is 69.1 cm³/mol. The van der Waals surface area contributed by atoms with Crippen LogP contribution >= 0.6 is 22.6 Å². The molecule has 1 aliphatic heterocycles. The first-order valence-electron chi connectivity index (χ1n) is 5.46. The molecular formula is C11H12IN3O. The second kappa shape index (κ2) is 4.29. The highest BCUT2D eigenvalue weighted by atomic mass is 127. The second-order valence-electron chi connectivity index (χ2n) is 3.93. The number of hydrogen-bond acceptors (Lipinski definition) is 3. The van der Waals surface area contributed by atoms with E-state index in [-0.39, 0.29) is 6.23 Å². The topological polar surface area (TPSA) is 39.9 Å². The van der Waals surface area contributed by atoms with Crippen molar-refractivity contribution in [1.82, 2.24) is 14.8 Å². The van der Waals surface area contributed by atoms with Gasteiger partial charge in [0.15, 0.2) is 11.9 Å². The van der Waals surface area contributed by atoms with E-state index in [0.717, 1.165) is 34.2 Å². The summed E-state index contributed by atoms with van der Waals surface area (Å²) in [5.74, 6) is 0. The van der Waals surface area contributed by atoms with Crippen molar-refractivity contribution in [3.63, 3.8) is 0 Å². The van der Waals surface area contributed by atoms with E-state index < -0.39 is 0 Å². The van der Waals surface area contributed by atoms with Gasteiger partial charge in [-0.05, 0) is 54.0 Å². The van der Waals surface area contributed by atoms with Gasteiger partial charge < -0.3 is 4.74 Å². The van der Waals surface area contributed by atoms with Gasteiger partial charge in [-0.1, -0.05) is 0 Å². The van der Waals surface area contributed by atoms with E-state index in [9.17, 15) is 0 Å². The summed E-state index contributed by atoms with van der Waals surface area (Å²) in [6.07, 6.45) is 5.26. The van der Waals surface area contributed by atoms with Crippen LogP contribution in [0.15, 0.2) is 18.3 Å². The molecule has 1 saturated heterocycles. The van der Waals surface area contributed by atoms with Crippen LogP contribution in [0.4, 0.5) is 0 Å². The third kappa shape index (κ3) is 1.71. The lowest BCUT2D eigenvalue weighted by atomic mass is 10.2. The number of rotatable bonds is 1. The number of fused-ring (bicyclic) bond motifs is 1. The minimum absolute atomic E-state index is 0.0645. The Labute approximate surface area is 107 Å². The summed E-state index contributed by atoms with van der Waals surface area (Å²) < 4.78 is 8.66. The van der Waals surface area contributed by atoms with Gasteiger partial charge in [0.05, 0.1) is 5.39 Å². The van der Waals surface area contributed by atoms with Gasteiger partial charge in [0.2, 0.25) is 0 Å². The SMILES string of the molecule is Ic1nn(C2CCCCO2)c2ncccc12. The van der Waals surface area contributed by atoms with Crippen molar-refractivity contribution in [1.29, 1.82) is 0 Å². The average Bonchev–Trinajstić information content (AvgIpc) is 2.69. The van der Waals surface area contributed by atoms with Crippen molar-refractivity contribution in [3.8, 4) is 0 Å². The smallest absolute Gasteiger partial charge is 0.161 e. The van der Waals surface area contributed by atoms with Crippen molar-refractivity contribution < 1.29 is 4.74 Å². The third-order valence-corrected chi connectivity index (χ3v) is 3.65. The summed E-state index contributed by atoms with van der Waals surface area (Å²) in [7, 11) is 0. The zero-order valence-electron chi connectivity index (χ0n) is 8.77. The predicted octanol–water partition coefficient (Wildman–Crippen LogP) is 2.74. The van der Waals surface area contributed by atoms with Crippen LogP contribution in [-0.4, -0.2) is 21.4 Å². The van der Waals surface area contributed by atoms with Crippen LogP contribution < -0.4 is 0 Å². The molecule has 4 nitrogen and oxygen atoms in total. The van der Waals surface area contributed by atoms with Gasteiger partial charge >= 0.3 is 0 Å². The highest BCUT2D eigenvalue weighted by Gasteiger charge is 2.20. The number of pyridine rings is 1. The van der Waals surface area contributed by atoms with Crippen LogP contribution in [0.2, 0.25) is 0 Å². The molecule has 1 aliphatic rings. The van der Waals surface area contributed by atoms with Crippen molar-refractivity contribution in [3.05, 3.63) is 22.0 Å². The van der Waals surface area contributed by atoms with Crippen LogP contribution in [0.1, 0.15) is 25.5 Å². The maximum absolute atomic E-state index is 5.74. The summed E-state index contributed by atoms with van der Waals surface area (Å²) in [5.41, 5.74) is 0.929. The molecule has 0 aliphatic carbocycles. The molecule has 2 aromatic rings. The Morgan fingerprint density at radius 3 is 3.19 bits per heavy atom. The molecule has 0 saturated carbocycles. The van der Waals surface area contributed by atoms with Gasteiger partial charge in [0.25, 0.3) is 0 Å².